The van der Waals surface area contributed by atoms with Crippen LogP contribution >= 0.6 is 0 Å². The van der Waals surface area contributed by atoms with Gasteiger partial charge in [-0.15, -0.1) is 0 Å². The number of hydrogen-bond acceptors (Lipinski definition) is 5. The number of methoxy groups -OCH3 is 2. The zero-order valence-corrected chi connectivity index (χ0v) is 15.1. The van der Waals surface area contributed by atoms with E-state index in [9.17, 15) is 9.90 Å². The fraction of sp³-hybridized carbons (Fsp3) is 0.381. The molecule has 0 spiro atoms. The van der Waals surface area contributed by atoms with Gasteiger partial charge in [-0.3, -0.25) is 4.79 Å². The van der Waals surface area contributed by atoms with Crippen molar-refractivity contribution in [2.45, 2.75) is 18.9 Å². The zero-order chi connectivity index (χ0) is 18.5. The Bertz CT molecular complexity index is 743. The quantitative estimate of drug-likeness (QED) is 0.773. The van der Waals surface area contributed by atoms with E-state index in [0.717, 1.165) is 11.1 Å². The van der Waals surface area contributed by atoms with Gasteiger partial charge in [0.1, 0.15) is 6.10 Å². The Hall–Kier alpha value is -2.53. The molecule has 5 nitrogen and oxygen atoms in total. The minimum Gasteiger partial charge on any atom is -0.493 e. The molecule has 1 aliphatic heterocycles. The van der Waals surface area contributed by atoms with E-state index < -0.39 is 6.10 Å². The second-order valence-corrected chi connectivity index (χ2v) is 6.51. The molecule has 3 atom stereocenters. The van der Waals surface area contributed by atoms with Crippen LogP contribution < -0.4 is 9.47 Å². The van der Waals surface area contributed by atoms with Crippen molar-refractivity contribution in [3.63, 3.8) is 0 Å². The van der Waals surface area contributed by atoms with Gasteiger partial charge < -0.3 is 19.3 Å². The van der Waals surface area contributed by atoms with Crippen LogP contribution in [-0.2, 0) is 22.4 Å². The van der Waals surface area contributed by atoms with Gasteiger partial charge in [0.05, 0.1) is 26.7 Å². The largest absolute Gasteiger partial charge is 0.493 e. The van der Waals surface area contributed by atoms with E-state index >= 15 is 0 Å². The van der Waals surface area contributed by atoms with Gasteiger partial charge in [0.15, 0.2) is 11.5 Å². The minimum atomic E-state index is -0.482. The van der Waals surface area contributed by atoms with E-state index in [2.05, 4.69) is 0 Å². The second kappa shape index (κ2) is 8.23. The van der Waals surface area contributed by atoms with Crippen LogP contribution in [0.4, 0.5) is 0 Å². The van der Waals surface area contributed by atoms with Gasteiger partial charge in [0.25, 0.3) is 0 Å². The second-order valence-electron chi connectivity index (χ2n) is 6.51. The van der Waals surface area contributed by atoms with Crippen LogP contribution in [0.25, 0.3) is 0 Å². The van der Waals surface area contributed by atoms with Gasteiger partial charge in [0.2, 0.25) is 0 Å². The van der Waals surface area contributed by atoms with Crippen molar-refractivity contribution < 1.29 is 24.1 Å². The monoisotopic (exact) mass is 356 g/mol. The smallest absolute Gasteiger partial charge is 0.310 e. The van der Waals surface area contributed by atoms with Crippen LogP contribution in [0.3, 0.4) is 0 Å². The van der Waals surface area contributed by atoms with Gasteiger partial charge in [-0.1, -0.05) is 36.4 Å². The lowest BCUT2D eigenvalue weighted by atomic mass is 9.81. The predicted octanol–water partition coefficient (Wildman–Crippen LogP) is 2.64. The van der Waals surface area contributed by atoms with Crippen LogP contribution in [-0.4, -0.2) is 38.0 Å². The van der Waals surface area contributed by atoms with Crippen molar-refractivity contribution in [1.82, 2.24) is 0 Å². The lowest BCUT2D eigenvalue weighted by Gasteiger charge is -2.20. The van der Waals surface area contributed by atoms with E-state index in [4.69, 9.17) is 14.2 Å². The molecule has 5 heteroatoms. The first-order valence-corrected chi connectivity index (χ1v) is 8.72. The number of cyclic esters (lactones) is 1. The van der Waals surface area contributed by atoms with Crippen molar-refractivity contribution in [3.8, 4) is 11.5 Å². The van der Waals surface area contributed by atoms with Gasteiger partial charge in [-0.05, 0) is 36.1 Å². The maximum Gasteiger partial charge on any atom is 0.310 e. The first kappa shape index (κ1) is 18.3. The highest BCUT2D eigenvalue weighted by atomic mass is 16.6. The van der Waals surface area contributed by atoms with E-state index in [1.54, 1.807) is 14.2 Å². The minimum absolute atomic E-state index is 0.0918. The number of carbonyl (C=O) groups is 1. The van der Waals surface area contributed by atoms with Crippen LogP contribution in [0.15, 0.2) is 48.5 Å². The normalized spacial score (nSPS) is 22.1. The number of ether oxygens (including phenoxy) is 3. The van der Waals surface area contributed by atoms with Gasteiger partial charge >= 0.3 is 5.97 Å². The van der Waals surface area contributed by atoms with E-state index in [-0.39, 0.29) is 24.4 Å². The van der Waals surface area contributed by atoms with Crippen LogP contribution in [0.1, 0.15) is 11.1 Å². The molecule has 138 valence electrons. The number of carbonyl (C=O) groups excluding carboxylic acids is 1. The van der Waals surface area contributed by atoms with E-state index in [1.165, 1.54) is 0 Å². The fourth-order valence-corrected chi connectivity index (χ4v) is 3.59. The molecule has 2 aromatic carbocycles. The van der Waals surface area contributed by atoms with Crippen LogP contribution in [0.5, 0.6) is 11.5 Å². The maximum absolute atomic E-state index is 12.4. The van der Waals surface area contributed by atoms with Crippen molar-refractivity contribution >= 4 is 5.97 Å². The standard InChI is InChI=1S/C21H24O5/c1-24-18-9-8-15(12-19(18)25-2)11-16-17(21(23)26-20(16)13-22)10-14-6-4-3-5-7-14/h3-9,12,16-17,20,22H,10-11,13H2,1-2H3/t16-,17-,20-/m1/s1. The molecule has 0 unspecified atom stereocenters. The molecule has 1 aliphatic rings. The Morgan fingerprint density at radius 1 is 0.962 bits per heavy atom. The van der Waals surface area contributed by atoms with Gasteiger partial charge in [-0.25, -0.2) is 0 Å². The van der Waals surface area contributed by atoms with Crippen LogP contribution in [0, 0.1) is 11.8 Å². The number of hydrogen-bond donors (Lipinski definition) is 1. The molecule has 2 aromatic rings. The summed E-state index contributed by atoms with van der Waals surface area (Å²) < 4.78 is 16.1. The topological polar surface area (TPSA) is 65.0 Å². The first-order chi connectivity index (χ1) is 12.7. The predicted molar refractivity (Wildman–Crippen MR) is 97.3 cm³/mol. The third-order valence-electron chi connectivity index (χ3n) is 4.96. The Kier molecular flexibility index (Phi) is 5.78. The zero-order valence-electron chi connectivity index (χ0n) is 15.1. The summed E-state index contributed by atoms with van der Waals surface area (Å²) in [7, 11) is 3.19. The van der Waals surface area contributed by atoms with Gasteiger partial charge in [-0.2, -0.15) is 0 Å². The highest BCUT2D eigenvalue weighted by Gasteiger charge is 2.44. The van der Waals surface area contributed by atoms with E-state index in [1.807, 2.05) is 48.5 Å². The molecule has 1 saturated heterocycles. The Morgan fingerprint density at radius 3 is 2.35 bits per heavy atom. The SMILES string of the molecule is COc1ccc(C[C@H]2[C@@H](CO)OC(=O)[C@@H]2Cc2ccccc2)cc1OC. The Labute approximate surface area is 153 Å². The summed E-state index contributed by atoms with van der Waals surface area (Å²) in [5.41, 5.74) is 2.10. The molecular formula is C21H24O5. The number of esters is 1. The van der Waals surface area contributed by atoms with E-state index in [0.29, 0.717) is 24.3 Å². The highest BCUT2D eigenvalue weighted by molar-refractivity contribution is 5.75. The number of benzene rings is 2. The molecule has 0 radical (unpaired) electrons. The lowest BCUT2D eigenvalue weighted by Crippen LogP contribution is -2.27. The molecule has 1 heterocycles. The average molecular weight is 356 g/mol. The van der Waals surface area contributed by atoms with Crippen molar-refractivity contribution in [2.24, 2.45) is 11.8 Å². The van der Waals surface area contributed by atoms with Gasteiger partial charge in [0, 0.05) is 5.92 Å². The molecule has 0 bridgehead atoms. The Morgan fingerprint density at radius 2 is 1.69 bits per heavy atom. The number of rotatable bonds is 7. The summed E-state index contributed by atoms with van der Waals surface area (Å²) in [5.74, 6) is 0.705. The third-order valence-corrected chi connectivity index (χ3v) is 4.96. The molecule has 0 aliphatic carbocycles. The summed E-state index contributed by atoms with van der Waals surface area (Å²) in [6.45, 7) is -0.172. The maximum atomic E-state index is 12.4. The van der Waals surface area contributed by atoms with Crippen molar-refractivity contribution in [3.05, 3.63) is 59.7 Å². The van der Waals surface area contributed by atoms with Crippen molar-refractivity contribution in [1.29, 1.82) is 0 Å². The lowest BCUT2D eigenvalue weighted by molar-refractivity contribution is -0.145. The summed E-state index contributed by atoms with van der Waals surface area (Å²) in [6, 6.07) is 15.6. The molecule has 0 saturated carbocycles. The summed E-state index contributed by atoms with van der Waals surface area (Å²) in [4.78, 5) is 12.4. The number of aliphatic hydroxyl groups is 1. The number of aliphatic hydroxyl groups excluding tert-OH is 1. The first-order valence-electron chi connectivity index (χ1n) is 8.72. The van der Waals surface area contributed by atoms with Crippen molar-refractivity contribution in [2.75, 3.05) is 20.8 Å². The Balaban J connectivity index is 1.83. The highest BCUT2D eigenvalue weighted by Crippen LogP contribution is 2.36. The molecule has 1 N–H and O–H groups in total. The average Bonchev–Trinajstić information content (AvgIpc) is 2.97. The van der Waals surface area contributed by atoms with Crippen LogP contribution in [0.2, 0.25) is 0 Å². The summed E-state index contributed by atoms with van der Waals surface area (Å²) >= 11 is 0. The molecule has 0 aromatic heterocycles. The summed E-state index contributed by atoms with van der Waals surface area (Å²) in [6.07, 6.45) is 0.743. The third kappa shape index (κ3) is 3.83. The molecule has 3 rings (SSSR count). The summed E-state index contributed by atoms with van der Waals surface area (Å²) in [5, 5.41) is 9.68. The fourth-order valence-electron chi connectivity index (χ4n) is 3.59. The molecule has 0 amide bonds. The molecule has 1 fully saturated rings. The molecular weight excluding hydrogens is 332 g/mol. The molecule has 26 heavy (non-hydrogen) atoms.